The van der Waals surface area contributed by atoms with Gasteiger partial charge in [-0.3, -0.25) is 0 Å². The number of hydrogen-bond donors (Lipinski definition) is 0. The van der Waals surface area contributed by atoms with Gasteiger partial charge in [-0.1, -0.05) is 0 Å². The van der Waals surface area contributed by atoms with Crippen LogP contribution < -0.4 is 0 Å². The molecule has 0 saturated heterocycles. The van der Waals surface area contributed by atoms with Crippen molar-refractivity contribution in [2.45, 2.75) is 0 Å². The maximum atomic E-state index is 0. The monoisotopic (exact) mass is 326 g/mol. The molecule has 0 aliphatic heterocycles. The summed E-state index contributed by atoms with van der Waals surface area (Å²) >= 11 is 0. The summed E-state index contributed by atoms with van der Waals surface area (Å²) in [6, 6.07) is 0. The SMILES string of the molecule is O.O.O.O.O.O.O.O.O.O.[NaH].[SnH2]. The van der Waals surface area contributed by atoms with Gasteiger partial charge >= 0.3 is 53.5 Å². The van der Waals surface area contributed by atoms with Gasteiger partial charge in [0.05, 0.1) is 0 Å². The second kappa shape index (κ2) is 823. The Morgan fingerprint density at radius 2 is 0.250 bits per heavy atom. The van der Waals surface area contributed by atoms with Gasteiger partial charge in [0.25, 0.3) is 0 Å². The second-order valence-corrected chi connectivity index (χ2v) is 0. The molecule has 12 heavy (non-hydrogen) atoms. The van der Waals surface area contributed by atoms with Crippen LogP contribution in [0.4, 0.5) is 0 Å². The Bertz CT molecular complexity index is 9.80. The third-order valence-electron chi connectivity index (χ3n) is 0. The van der Waals surface area contributed by atoms with Crippen molar-refractivity contribution in [2.75, 3.05) is 0 Å². The van der Waals surface area contributed by atoms with Gasteiger partial charge in [0.15, 0.2) is 0 Å². The van der Waals surface area contributed by atoms with E-state index in [1.165, 1.54) is 0 Å². The van der Waals surface area contributed by atoms with E-state index in [1.807, 2.05) is 0 Å². The van der Waals surface area contributed by atoms with Crippen molar-refractivity contribution in [2.24, 2.45) is 0 Å². The molecule has 0 aromatic rings. The van der Waals surface area contributed by atoms with Gasteiger partial charge in [-0.25, -0.2) is 0 Å². The first-order valence-corrected chi connectivity index (χ1v) is 0. The van der Waals surface area contributed by atoms with E-state index >= 15 is 0 Å². The summed E-state index contributed by atoms with van der Waals surface area (Å²) in [5.74, 6) is 0. The zero-order valence-corrected chi connectivity index (χ0v) is 9.74. The summed E-state index contributed by atoms with van der Waals surface area (Å²) in [5, 5.41) is 0. The van der Waals surface area contributed by atoms with Gasteiger partial charge in [-0.15, -0.1) is 0 Å². The molecule has 88 valence electrons. The van der Waals surface area contributed by atoms with Crippen LogP contribution in [-0.4, -0.2) is 108 Å². The Labute approximate surface area is 108 Å². The van der Waals surface area contributed by atoms with Crippen LogP contribution >= 0.6 is 0 Å². The zero-order valence-electron chi connectivity index (χ0n) is 5.71. The first-order valence-electron chi connectivity index (χ1n) is 0. The van der Waals surface area contributed by atoms with E-state index in [2.05, 4.69) is 0 Å². The quantitative estimate of drug-likeness (QED) is 0.374. The Kier molecular flexibility index (Phi) is 72200. The molecular weight excluding hydrogens is 302 g/mol. The normalized spacial score (nSPS) is 0. The molecule has 0 bridgehead atoms. The molecule has 0 aromatic carbocycles. The summed E-state index contributed by atoms with van der Waals surface area (Å²) in [5.41, 5.74) is 0. The molecule has 0 saturated carbocycles. The molecule has 0 fully saturated rings. The first-order chi connectivity index (χ1) is 0. The molecule has 0 unspecified atom stereocenters. The third kappa shape index (κ3) is 630. The van der Waals surface area contributed by atoms with Crippen LogP contribution in [0.3, 0.4) is 0 Å². The minimum absolute atomic E-state index is 0. The van der Waals surface area contributed by atoms with Gasteiger partial charge in [0, 0.05) is 0 Å². The Morgan fingerprint density at radius 3 is 0.250 bits per heavy atom. The van der Waals surface area contributed by atoms with Crippen LogP contribution in [0.5, 0.6) is 0 Å². The van der Waals surface area contributed by atoms with Crippen molar-refractivity contribution >= 4 is 53.5 Å². The molecule has 20 N–H and O–H groups in total. The van der Waals surface area contributed by atoms with E-state index in [0.717, 1.165) is 0 Å². The fourth-order valence-electron chi connectivity index (χ4n) is 0. The molecule has 0 spiro atoms. The topological polar surface area (TPSA) is 315 Å². The molecule has 12 heteroatoms. The standard InChI is InChI=1S/Na.10H2O.Sn.3H/h;10*1H2;;;;. The summed E-state index contributed by atoms with van der Waals surface area (Å²) < 4.78 is 0. The van der Waals surface area contributed by atoms with Crippen molar-refractivity contribution in [3.8, 4) is 0 Å². The van der Waals surface area contributed by atoms with Crippen LogP contribution in [0.2, 0.25) is 0 Å². The van der Waals surface area contributed by atoms with Gasteiger partial charge in [0.1, 0.15) is 0 Å². The average molecular weight is 325 g/mol. The van der Waals surface area contributed by atoms with E-state index in [4.69, 9.17) is 0 Å². The first kappa shape index (κ1) is 1050. The van der Waals surface area contributed by atoms with Crippen LogP contribution in [-0.2, 0) is 0 Å². The Morgan fingerprint density at radius 1 is 0.250 bits per heavy atom. The molecule has 0 heterocycles. The van der Waals surface area contributed by atoms with Gasteiger partial charge in [-0.2, -0.15) is 0 Å². The van der Waals surface area contributed by atoms with Gasteiger partial charge in [0.2, 0.25) is 0 Å². The molecule has 2 radical (unpaired) electrons. The van der Waals surface area contributed by atoms with Crippen molar-refractivity contribution in [3.63, 3.8) is 0 Å². The summed E-state index contributed by atoms with van der Waals surface area (Å²) in [4.78, 5) is 0. The summed E-state index contributed by atoms with van der Waals surface area (Å²) in [6.07, 6.45) is 0. The van der Waals surface area contributed by atoms with Gasteiger partial charge < -0.3 is 54.8 Å². The van der Waals surface area contributed by atoms with E-state index < -0.39 is 0 Å². The van der Waals surface area contributed by atoms with Crippen molar-refractivity contribution in [1.82, 2.24) is 0 Å². The van der Waals surface area contributed by atoms with Crippen molar-refractivity contribution in [1.29, 1.82) is 0 Å². The van der Waals surface area contributed by atoms with E-state index in [9.17, 15) is 0 Å². The Hall–Kier alpha value is 1.40. The fraction of sp³-hybridized carbons (Fsp3) is 0. The summed E-state index contributed by atoms with van der Waals surface area (Å²) in [7, 11) is 0. The minimum atomic E-state index is 0. The zero-order chi connectivity index (χ0) is 0. The molecule has 0 amide bonds. The van der Waals surface area contributed by atoms with Crippen LogP contribution in [0, 0.1) is 0 Å². The average Bonchev–Trinajstić information content (AvgIpc) is 0. The van der Waals surface area contributed by atoms with E-state index in [-0.39, 0.29) is 108 Å². The van der Waals surface area contributed by atoms with Crippen LogP contribution in [0.25, 0.3) is 0 Å². The number of hydrogen-bond acceptors (Lipinski definition) is 0. The maximum absolute atomic E-state index is 0. The molecule has 0 atom stereocenters. The van der Waals surface area contributed by atoms with Crippen LogP contribution in [0.1, 0.15) is 0 Å². The molecule has 0 rings (SSSR count). The van der Waals surface area contributed by atoms with Gasteiger partial charge in [-0.05, 0) is 0 Å². The second-order valence-electron chi connectivity index (χ2n) is 0. The molecule has 0 aliphatic carbocycles. The van der Waals surface area contributed by atoms with E-state index in [0.29, 0.717) is 0 Å². The number of rotatable bonds is 0. The van der Waals surface area contributed by atoms with Crippen LogP contribution in [0.15, 0.2) is 0 Å². The van der Waals surface area contributed by atoms with Crippen molar-refractivity contribution in [3.05, 3.63) is 0 Å². The predicted octanol–water partition coefficient (Wildman–Crippen LogP) is -9.81. The molecular formula is H23NaO10Sn. The fourth-order valence-corrected chi connectivity index (χ4v) is 0. The van der Waals surface area contributed by atoms with E-state index in [1.54, 1.807) is 0 Å². The molecule has 0 aromatic heterocycles. The molecule has 10 nitrogen and oxygen atoms in total. The Balaban J connectivity index is 0. The summed E-state index contributed by atoms with van der Waals surface area (Å²) in [6.45, 7) is 0. The van der Waals surface area contributed by atoms with Crippen molar-refractivity contribution < 1.29 is 54.8 Å². The third-order valence-corrected chi connectivity index (χ3v) is 0. The molecule has 0 aliphatic rings. The predicted molar refractivity (Wildman–Crippen MR) is 51.8 cm³/mol.